The van der Waals surface area contributed by atoms with Crippen LogP contribution in [0.2, 0.25) is 0 Å². The van der Waals surface area contributed by atoms with E-state index in [0.717, 1.165) is 0 Å². The zero-order valence-corrected chi connectivity index (χ0v) is 10.1. The molecule has 0 bridgehead atoms. The third-order valence-electron chi connectivity index (χ3n) is 2.80. The number of nitro groups is 1. The number of nitro benzene ring substituents is 1. The van der Waals surface area contributed by atoms with Gasteiger partial charge in [-0.05, 0) is 24.1 Å². The molecule has 0 aliphatic rings. The number of hydrogen-bond donors (Lipinski definition) is 0. The molecule has 0 aliphatic carbocycles. The Labute approximate surface area is 108 Å². The van der Waals surface area contributed by atoms with Crippen LogP contribution in [-0.2, 0) is 0 Å². The predicted molar refractivity (Wildman–Crippen MR) is 67.9 cm³/mol. The molecule has 0 atom stereocenters. The van der Waals surface area contributed by atoms with E-state index in [-0.39, 0.29) is 16.8 Å². The largest absolute Gasteiger partial charge is 0.270 e. The normalized spacial score (nSPS) is 9.95. The first kappa shape index (κ1) is 12.7. The van der Waals surface area contributed by atoms with Gasteiger partial charge in [0.2, 0.25) is 0 Å². The van der Waals surface area contributed by atoms with Crippen LogP contribution >= 0.6 is 0 Å². The highest BCUT2D eigenvalue weighted by atomic mass is 19.1. The van der Waals surface area contributed by atoms with E-state index in [4.69, 9.17) is 5.26 Å². The van der Waals surface area contributed by atoms with Gasteiger partial charge in [-0.2, -0.15) is 5.26 Å². The van der Waals surface area contributed by atoms with Crippen LogP contribution in [0.5, 0.6) is 0 Å². The van der Waals surface area contributed by atoms with Crippen molar-refractivity contribution >= 4 is 5.69 Å². The number of rotatable bonds is 2. The molecule has 5 heteroatoms. The second-order valence-corrected chi connectivity index (χ2v) is 4.04. The van der Waals surface area contributed by atoms with Gasteiger partial charge >= 0.3 is 0 Å². The zero-order chi connectivity index (χ0) is 14.0. The SMILES string of the molecule is Cc1ccc(C#N)c(-c2cccc([N+](=O)[O-])c2)c1F. The third kappa shape index (κ3) is 2.29. The molecule has 2 aromatic rings. The summed E-state index contributed by atoms with van der Waals surface area (Å²) in [4.78, 5) is 10.2. The van der Waals surface area contributed by atoms with Gasteiger partial charge in [0.05, 0.1) is 16.6 Å². The van der Waals surface area contributed by atoms with Gasteiger partial charge in [-0.15, -0.1) is 0 Å². The minimum absolute atomic E-state index is 0.103. The van der Waals surface area contributed by atoms with Crippen molar-refractivity contribution in [2.75, 3.05) is 0 Å². The summed E-state index contributed by atoms with van der Waals surface area (Å²) in [6, 6.07) is 10.5. The molecule has 0 unspecified atom stereocenters. The first-order chi connectivity index (χ1) is 9.04. The second-order valence-electron chi connectivity index (χ2n) is 4.04. The van der Waals surface area contributed by atoms with Gasteiger partial charge in [-0.25, -0.2) is 4.39 Å². The fraction of sp³-hybridized carbons (Fsp3) is 0.0714. The van der Waals surface area contributed by atoms with E-state index in [1.54, 1.807) is 13.0 Å². The minimum Gasteiger partial charge on any atom is -0.258 e. The zero-order valence-electron chi connectivity index (χ0n) is 10.1. The van der Waals surface area contributed by atoms with E-state index in [0.29, 0.717) is 11.1 Å². The monoisotopic (exact) mass is 256 g/mol. The van der Waals surface area contributed by atoms with Gasteiger partial charge in [0.15, 0.2) is 0 Å². The van der Waals surface area contributed by atoms with Crippen molar-refractivity contribution in [2.24, 2.45) is 0 Å². The van der Waals surface area contributed by atoms with Crippen LogP contribution in [0.25, 0.3) is 11.1 Å². The highest BCUT2D eigenvalue weighted by molar-refractivity contribution is 5.73. The molecule has 2 aromatic carbocycles. The van der Waals surface area contributed by atoms with Crippen molar-refractivity contribution < 1.29 is 9.31 Å². The van der Waals surface area contributed by atoms with Crippen molar-refractivity contribution in [3.63, 3.8) is 0 Å². The number of halogens is 1. The highest BCUT2D eigenvalue weighted by Crippen LogP contribution is 2.30. The fourth-order valence-corrected chi connectivity index (χ4v) is 1.83. The standard InChI is InChI=1S/C14H9FN2O2/c1-9-5-6-11(8-16)13(14(9)15)10-3-2-4-12(7-10)17(18)19/h2-7H,1H3. The lowest BCUT2D eigenvalue weighted by Crippen LogP contribution is -1.94. The Kier molecular flexibility index (Phi) is 3.25. The molecule has 0 aliphatic heterocycles. The summed E-state index contributed by atoms with van der Waals surface area (Å²) in [6.07, 6.45) is 0. The summed E-state index contributed by atoms with van der Waals surface area (Å²) < 4.78 is 14.1. The first-order valence-corrected chi connectivity index (χ1v) is 5.48. The Morgan fingerprint density at radius 1 is 1.32 bits per heavy atom. The van der Waals surface area contributed by atoms with Crippen molar-refractivity contribution in [1.29, 1.82) is 5.26 Å². The average molecular weight is 256 g/mol. The maximum absolute atomic E-state index is 14.1. The molecule has 2 rings (SSSR count). The molecule has 19 heavy (non-hydrogen) atoms. The average Bonchev–Trinajstić information content (AvgIpc) is 2.41. The predicted octanol–water partition coefficient (Wildman–Crippen LogP) is 3.58. The smallest absolute Gasteiger partial charge is 0.258 e. The third-order valence-corrected chi connectivity index (χ3v) is 2.80. The summed E-state index contributed by atoms with van der Waals surface area (Å²) in [5.41, 5.74) is 0.838. The molecule has 4 nitrogen and oxygen atoms in total. The number of non-ortho nitro benzene ring substituents is 1. The van der Waals surface area contributed by atoms with Crippen LogP contribution < -0.4 is 0 Å². The van der Waals surface area contributed by atoms with Gasteiger partial charge in [-0.3, -0.25) is 10.1 Å². The van der Waals surface area contributed by atoms with Gasteiger partial charge in [-0.1, -0.05) is 18.2 Å². The summed E-state index contributed by atoms with van der Waals surface area (Å²) in [7, 11) is 0. The molecule has 0 fully saturated rings. The number of nitriles is 1. The molecule has 0 amide bonds. The van der Waals surface area contributed by atoms with Crippen molar-refractivity contribution in [2.45, 2.75) is 6.92 Å². The lowest BCUT2D eigenvalue weighted by Gasteiger charge is -2.08. The van der Waals surface area contributed by atoms with E-state index in [1.807, 2.05) is 6.07 Å². The van der Waals surface area contributed by atoms with E-state index < -0.39 is 10.7 Å². The van der Waals surface area contributed by atoms with Gasteiger partial charge in [0, 0.05) is 17.7 Å². The van der Waals surface area contributed by atoms with Crippen LogP contribution in [-0.4, -0.2) is 4.92 Å². The molecule has 0 saturated heterocycles. The lowest BCUT2D eigenvalue weighted by molar-refractivity contribution is -0.384. The second kappa shape index (κ2) is 4.86. The Bertz CT molecular complexity index is 705. The summed E-state index contributed by atoms with van der Waals surface area (Å²) >= 11 is 0. The molecule has 0 heterocycles. The molecular weight excluding hydrogens is 247 g/mol. The maximum atomic E-state index is 14.1. The topological polar surface area (TPSA) is 66.9 Å². The Morgan fingerprint density at radius 3 is 2.68 bits per heavy atom. The number of hydrogen-bond acceptors (Lipinski definition) is 3. The van der Waals surface area contributed by atoms with Crippen LogP contribution in [0, 0.1) is 34.2 Å². The lowest BCUT2D eigenvalue weighted by atomic mass is 9.97. The molecule has 0 spiro atoms. The van der Waals surface area contributed by atoms with Crippen LogP contribution in [0.1, 0.15) is 11.1 Å². The van der Waals surface area contributed by atoms with Crippen molar-refractivity contribution in [3.8, 4) is 17.2 Å². The quantitative estimate of drug-likeness (QED) is 0.609. The van der Waals surface area contributed by atoms with Gasteiger partial charge < -0.3 is 0 Å². The molecule has 0 N–H and O–H groups in total. The van der Waals surface area contributed by atoms with Crippen molar-refractivity contribution in [1.82, 2.24) is 0 Å². The van der Waals surface area contributed by atoms with Crippen molar-refractivity contribution in [3.05, 3.63) is 63.5 Å². The van der Waals surface area contributed by atoms with E-state index in [9.17, 15) is 14.5 Å². The summed E-state index contributed by atoms with van der Waals surface area (Å²) in [5.74, 6) is -0.528. The Balaban J connectivity index is 2.72. The van der Waals surface area contributed by atoms with Gasteiger partial charge in [0.25, 0.3) is 5.69 Å². The van der Waals surface area contributed by atoms with Crippen LogP contribution in [0.4, 0.5) is 10.1 Å². The molecule has 0 saturated carbocycles. The molecule has 94 valence electrons. The highest BCUT2D eigenvalue weighted by Gasteiger charge is 2.15. The van der Waals surface area contributed by atoms with Crippen LogP contribution in [0.3, 0.4) is 0 Å². The summed E-state index contributed by atoms with van der Waals surface area (Å²) in [5, 5.41) is 19.8. The minimum atomic E-state index is -0.552. The first-order valence-electron chi connectivity index (χ1n) is 5.48. The summed E-state index contributed by atoms with van der Waals surface area (Å²) in [6.45, 7) is 1.58. The molecule has 0 aromatic heterocycles. The van der Waals surface area contributed by atoms with Gasteiger partial charge in [0.1, 0.15) is 5.82 Å². The Morgan fingerprint density at radius 2 is 2.05 bits per heavy atom. The maximum Gasteiger partial charge on any atom is 0.270 e. The molecule has 0 radical (unpaired) electrons. The molecular formula is C14H9FN2O2. The van der Waals surface area contributed by atoms with E-state index in [1.165, 1.54) is 30.3 Å². The van der Waals surface area contributed by atoms with E-state index >= 15 is 0 Å². The Hall–Kier alpha value is -2.74. The number of benzene rings is 2. The van der Waals surface area contributed by atoms with E-state index in [2.05, 4.69) is 0 Å². The number of aryl methyl sites for hydroxylation is 1. The van der Waals surface area contributed by atoms with Crippen LogP contribution in [0.15, 0.2) is 36.4 Å². The fourth-order valence-electron chi connectivity index (χ4n) is 1.83. The number of nitrogens with zero attached hydrogens (tertiary/aromatic N) is 2.